The molecule has 0 saturated heterocycles. The maximum atomic E-state index is 3.80. The van der Waals surface area contributed by atoms with Gasteiger partial charge in [0.1, 0.15) is 0 Å². The minimum absolute atomic E-state index is 0.733. The van der Waals surface area contributed by atoms with E-state index in [-0.39, 0.29) is 0 Å². The first-order valence-corrected chi connectivity index (χ1v) is 9.08. The van der Waals surface area contributed by atoms with E-state index in [2.05, 4.69) is 36.5 Å². The lowest BCUT2D eigenvalue weighted by molar-refractivity contribution is 0.291. The lowest BCUT2D eigenvalue weighted by Gasteiger charge is -2.28. The molecule has 4 unspecified atom stereocenters. The van der Waals surface area contributed by atoms with Crippen LogP contribution in [0.15, 0.2) is 24.3 Å². The standard InChI is InChI=1S/C20H29N/c1-14-4-2-3-5-20(14)18(13-21-19-8-9-19)12-17-11-15-6-7-16(17)10-15/h2-5,15-19,21H,6-13H2,1H3. The SMILES string of the molecule is Cc1ccccc1C(CNC1CC1)CC1CC2CCC1C2. The maximum absolute atomic E-state index is 3.80. The van der Waals surface area contributed by atoms with E-state index in [9.17, 15) is 0 Å². The number of hydrogen-bond acceptors (Lipinski definition) is 1. The molecule has 0 spiro atoms. The molecule has 1 N–H and O–H groups in total. The van der Waals surface area contributed by atoms with Crippen LogP contribution in [0.5, 0.6) is 0 Å². The molecule has 3 saturated carbocycles. The molecule has 0 radical (unpaired) electrons. The molecule has 0 aliphatic heterocycles. The van der Waals surface area contributed by atoms with Crippen molar-refractivity contribution < 1.29 is 0 Å². The second-order valence-electron chi connectivity index (χ2n) is 7.91. The molecule has 1 aromatic rings. The summed E-state index contributed by atoms with van der Waals surface area (Å²) in [6.45, 7) is 3.49. The zero-order valence-corrected chi connectivity index (χ0v) is 13.4. The molecule has 114 valence electrons. The van der Waals surface area contributed by atoms with Gasteiger partial charge in [0.05, 0.1) is 0 Å². The zero-order valence-electron chi connectivity index (χ0n) is 13.4. The van der Waals surface area contributed by atoms with Crippen molar-refractivity contribution in [3.8, 4) is 0 Å². The van der Waals surface area contributed by atoms with Crippen LogP contribution in [0.25, 0.3) is 0 Å². The van der Waals surface area contributed by atoms with Crippen LogP contribution in [0.2, 0.25) is 0 Å². The Morgan fingerprint density at radius 1 is 1.10 bits per heavy atom. The maximum Gasteiger partial charge on any atom is 0.00684 e. The van der Waals surface area contributed by atoms with Gasteiger partial charge < -0.3 is 5.32 Å². The molecule has 3 aliphatic rings. The summed E-state index contributed by atoms with van der Waals surface area (Å²) in [6, 6.07) is 9.91. The van der Waals surface area contributed by atoms with Gasteiger partial charge in [-0.05, 0) is 80.2 Å². The van der Waals surface area contributed by atoms with Gasteiger partial charge in [-0.15, -0.1) is 0 Å². The van der Waals surface area contributed by atoms with Crippen LogP contribution in [0.4, 0.5) is 0 Å². The molecule has 0 heterocycles. The normalized spacial score (nSPS) is 32.5. The van der Waals surface area contributed by atoms with E-state index in [0.717, 1.165) is 29.7 Å². The smallest absolute Gasteiger partial charge is 0.00684 e. The van der Waals surface area contributed by atoms with Gasteiger partial charge in [0, 0.05) is 12.6 Å². The minimum atomic E-state index is 0.733. The number of rotatable bonds is 6. The third-order valence-corrected chi connectivity index (χ3v) is 6.33. The van der Waals surface area contributed by atoms with Gasteiger partial charge in [0.25, 0.3) is 0 Å². The first-order valence-electron chi connectivity index (χ1n) is 9.08. The van der Waals surface area contributed by atoms with Crippen molar-refractivity contribution in [1.82, 2.24) is 5.32 Å². The molecule has 1 nitrogen and oxygen atoms in total. The summed E-state index contributed by atoms with van der Waals surface area (Å²) in [5, 5.41) is 3.80. The fourth-order valence-corrected chi connectivity index (χ4v) is 4.99. The van der Waals surface area contributed by atoms with Crippen LogP contribution in [-0.4, -0.2) is 12.6 Å². The molecule has 0 amide bonds. The zero-order chi connectivity index (χ0) is 14.2. The van der Waals surface area contributed by atoms with E-state index < -0.39 is 0 Å². The quantitative estimate of drug-likeness (QED) is 0.801. The fraction of sp³-hybridized carbons (Fsp3) is 0.700. The number of benzene rings is 1. The van der Waals surface area contributed by atoms with Crippen molar-refractivity contribution in [3.05, 3.63) is 35.4 Å². The number of nitrogens with one attached hydrogen (secondary N) is 1. The van der Waals surface area contributed by atoms with Crippen molar-refractivity contribution >= 4 is 0 Å². The van der Waals surface area contributed by atoms with Crippen LogP contribution in [-0.2, 0) is 0 Å². The van der Waals surface area contributed by atoms with Crippen molar-refractivity contribution in [3.63, 3.8) is 0 Å². The molecule has 1 aromatic carbocycles. The van der Waals surface area contributed by atoms with Crippen LogP contribution in [0, 0.1) is 24.7 Å². The Hall–Kier alpha value is -0.820. The van der Waals surface area contributed by atoms with Crippen molar-refractivity contribution in [1.29, 1.82) is 0 Å². The minimum Gasteiger partial charge on any atom is -0.313 e. The van der Waals surface area contributed by atoms with E-state index in [1.807, 2.05) is 0 Å². The summed E-state index contributed by atoms with van der Waals surface area (Å²) in [4.78, 5) is 0. The van der Waals surface area contributed by atoms with E-state index in [0.29, 0.717) is 0 Å². The molecule has 2 bridgehead atoms. The van der Waals surface area contributed by atoms with Crippen LogP contribution in [0.1, 0.15) is 62.0 Å². The van der Waals surface area contributed by atoms with Gasteiger partial charge in [-0.3, -0.25) is 0 Å². The highest BCUT2D eigenvalue weighted by molar-refractivity contribution is 5.29. The molecule has 21 heavy (non-hydrogen) atoms. The summed E-state index contributed by atoms with van der Waals surface area (Å²) in [6.07, 6.45) is 10.3. The van der Waals surface area contributed by atoms with Crippen molar-refractivity contribution in [2.75, 3.05) is 6.54 Å². The molecule has 4 atom stereocenters. The molecule has 4 rings (SSSR count). The molecule has 3 aliphatic carbocycles. The summed E-state index contributed by atoms with van der Waals surface area (Å²) in [7, 11) is 0. The summed E-state index contributed by atoms with van der Waals surface area (Å²) in [5.74, 6) is 3.88. The molecule has 0 aromatic heterocycles. The third kappa shape index (κ3) is 3.04. The lowest BCUT2D eigenvalue weighted by Crippen LogP contribution is -2.26. The Bertz CT molecular complexity index is 490. The Kier molecular flexibility index (Phi) is 3.79. The van der Waals surface area contributed by atoms with E-state index >= 15 is 0 Å². The van der Waals surface area contributed by atoms with Gasteiger partial charge in [-0.25, -0.2) is 0 Å². The van der Waals surface area contributed by atoms with Gasteiger partial charge in [0.15, 0.2) is 0 Å². The van der Waals surface area contributed by atoms with Crippen molar-refractivity contribution in [2.45, 2.75) is 63.8 Å². The van der Waals surface area contributed by atoms with Crippen LogP contribution >= 0.6 is 0 Å². The van der Waals surface area contributed by atoms with Gasteiger partial charge in [0.2, 0.25) is 0 Å². The van der Waals surface area contributed by atoms with Gasteiger partial charge in [-0.2, -0.15) is 0 Å². The Morgan fingerprint density at radius 2 is 1.95 bits per heavy atom. The van der Waals surface area contributed by atoms with Gasteiger partial charge in [-0.1, -0.05) is 30.7 Å². The highest BCUT2D eigenvalue weighted by atomic mass is 14.9. The first-order chi connectivity index (χ1) is 10.3. The Morgan fingerprint density at radius 3 is 2.62 bits per heavy atom. The highest BCUT2D eigenvalue weighted by Gasteiger charge is 2.40. The van der Waals surface area contributed by atoms with E-state index in [1.165, 1.54) is 50.6 Å². The average molecular weight is 283 g/mol. The van der Waals surface area contributed by atoms with Gasteiger partial charge >= 0.3 is 0 Å². The first kappa shape index (κ1) is 13.8. The van der Waals surface area contributed by atoms with E-state index in [1.54, 1.807) is 12.0 Å². The lowest BCUT2D eigenvalue weighted by atomic mass is 9.79. The predicted molar refractivity (Wildman–Crippen MR) is 88.5 cm³/mol. The predicted octanol–water partition coefficient (Wildman–Crippen LogP) is 4.66. The summed E-state index contributed by atoms with van der Waals surface area (Å²) >= 11 is 0. The number of fused-ring (bicyclic) bond motifs is 2. The highest BCUT2D eigenvalue weighted by Crippen LogP contribution is 2.51. The van der Waals surface area contributed by atoms with Crippen molar-refractivity contribution in [2.24, 2.45) is 17.8 Å². The monoisotopic (exact) mass is 283 g/mol. The topological polar surface area (TPSA) is 12.0 Å². The Labute approximate surface area is 129 Å². The second-order valence-corrected chi connectivity index (χ2v) is 7.91. The Balaban J connectivity index is 1.47. The molecule has 3 fully saturated rings. The van der Waals surface area contributed by atoms with E-state index in [4.69, 9.17) is 0 Å². The fourth-order valence-electron chi connectivity index (χ4n) is 4.99. The third-order valence-electron chi connectivity index (χ3n) is 6.33. The largest absolute Gasteiger partial charge is 0.313 e. The second kappa shape index (κ2) is 5.76. The number of hydrogen-bond donors (Lipinski definition) is 1. The average Bonchev–Trinajstić information content (AvgIpc) is 3.09. The summed E-state index contributed by atoms with van der Waals surface area (Å²) in [5.41, 5.74) is 3.09. The van der Waals surface area contributed by atoms with Crippen LogP contribution < -0.4 is 5.32 Å². The molecular weight excluding hydrogens is 254 g/mol. The summed E-state index contributed by atoms with van der Waals surface area (Å²) < 4.78 is 0. The molecular formula is C20H29N. The molecule has 1 heteroatoms. The number of aryl methyl sites for hydroxylation is 1. The van der Waals surface area contributed by atoms with Crippen LogP contribution in [0.3, 0.4) is 0 Å².